The van der Waals surface area contributed by atoms with E-state index in [2.05, 4.69) is 26.8 Å². The van der Waals surface area contributed by atoms with Crippen LogP contribution in [0.5, 0.6) is 0 Å². The normalized spacial score (nSPS) is 17.9. The molecule has 0 fully saturated rings. The van der Waals surface area contributed by atoms with Crippen LogP contribution in [0.3, 0.4) is 0 Å². The zero-order valence-electron chi connectivity index (χ0n) is 12.7. The molecule has 110 valence electrons. The highest BCUT2D eigenvalue weighted by atomic mass is 32.2. The summed E-state index contributed by atoms with van der Waals surface area (Å²) in [4.78, 5) is 0.424. The molecule has 3 nitrogen and oxygen atoms in total. The number of aryl methyl sites for hydroxylation is 1. The summed E-state index contributed by atoms with van der Waals surface area (Å²) in [5, 5.41) is 0. The Morgan fingerprint density at radius 2 is 1.80 bits per heavy atom. The van der Waals surface area contributed by atoms with E-state index in [1.54, 1.807) is 16.4 Å². The van der Waals surface area contributed by atoms with Gasteiger partial charge < -0.3 is 0 Å². The topological polar surface area (TPSA) is 37.4 Å². The molecule has 0 N–H and O–H groups in total. The molecular weight excluding hydrogens is 270 g/mol. The molecule has 4 heteroatoms. The summed E-state index contributed by atoms with van der Waals surface area (Å²) in [5.74, 6) is 0. The summed E-state index contributed by atoms with van der Waals surface area (Å²) in [6.45, 7) is 9.40. The first-order valence-electron chi connectivity index (χ1n) is 6.98. The van der Waals surface area contributed by atoms with E-state index < -0.39 is 10.0 Å². The zero-order valence-corrected chi connectivity index (χ0v) is 13.5. The predicted octanol–water partition coefficient (Wildman–Crippen LogP) is 3.36. The number of hydrogen-bond donors (Lipinski definition) is 0. The Kier molecular flexibility index (Phi) is 4.07. The number of sulfonamides is 1. The fraction of sp³-hybridized carbons (Fsp3) is 0.500. The summed E-state index contributed by atoms with van der Waals surface area (Å²) in [6, 6.07) is 7.17. The summed E-state index contributed by atoms with van der Waals surface area (Å²) >= 11 is 0. The summed E-state index contributed by atoms with van der Waals surface area (Å²) in [6.07, 6.45) is 2.88. The third-order valence-corrected chi connectivity index (χ3v) is 5.87. The molecule has 20 heavy (non-hydrogen) atoms. The maximum absolute atomic E-state index is 12.7. The number of rotatable bonds is 2. The first-order chi connectivity index (χ1) is 9.23. The maximum atomic E-state index is 12.7. The van der Waals surface area contributed by atoms with Gasteiger partial charge in [-0.15, -0.1) is 0 Å². The molecule has 0 atom stereocenters. The van der Waals surface area contributed by atoms with Crippen LogP contribution in [-0.4, -0.2) is 25.8 Å². The monoisotopic (exact) mass is 293 g/mol. The Bertz CT molecular complexity index is 624. The van der Waals surface area contributed by atoms with Crippen LogP contribution in [0.15, 0.2) is 40.8 Å². The number of hydrogen-bond acceptors (Lipinski definition) is 2. The summed E-state index contributed by atoms with van der Waals surface area (Å²) < 4.78 is 26.9. The molecule has 0 unspecified atom stereocenters. The van der Waals surface area contributed by atoms with Crippen molar-refractivity contribution in [1.29, 1.82) is 0 Å². The molecule has 1 aromatic rings. The van der Waals surface area contributed by atoms with Gasteiger partial charge in [-0.3, -0.25) is 0 Å². The lowest BCUT2D eigenvalue weighted by Gasteiger charge is -2.31. The molecule has 0 saturated heterocycles. The van der Waals surface area contributed by atoms with Gasteiger partial charge in [-0.25, -0.2) is 8.42 Å². The van der Waals surface area contributed by atoms with Crippen LogP contribution < -0.4 is 0 Å². The maximum Gasteiger partial charge on any atom is 0.243 e. The molecule has 0 radical (unpaired) electrons. The highest BCUT2D eigenvalue weighted by Crippen LogP contribution is 2.32. The van der Waals surface area contributed by atoms with Gasteiger partial charge >= 0.3 is 0 Å². The van der Waals surface area contributed by atoms with Crippen LogP contribution in [0.1, 0.15) is 32.8 Å². The molecule has 0 aromatic heterocycles. The van der Waals surface area contributed by atoms with Crippen molar-refractivity contribution in [2.45, 2.75) is 39.0 Å². The highest BCUT2D eigenvalue weighted by molar-refractivity contribution is 7.89. The number of benzene rings is 1. The molecule has 0 bridgehead atoms. The van der Waals surface area contributed by atoms with Crippen molar-refractivity contribution >= 4 is 10.0 Å². The quantitative estimate of drug-likeness (QED) is 0.784. The van der Waals surface area contributed by atoms with Crippen LogP contribution >= 0.6 is 0 Å². The molecule has 1 aliphatic heterocycles. The van der Waals surface area contributed by atoms with E-state index in [4.69, 9.17) is 0 Å². The lowest BCUT2D eigenvalue weighted by molar-refractivity contribution is 0.389. The van der Waals surface area contributed by atoms with Crippen LogP contribution in [0.2, 0.25) is 0 Å². The van der Waals surface area contributed by atoms with Crippen molar-refractivity contribution in [1.82, 2.24) is 4.31 Å². The Balaban J connectivity index is 2.27. The largest absolute Gasteiger partial charge is 0.243 e. The second kappa shape index (κ2) is 5.34. The zero-order chi connectivity index (χ0) is 15.0. The van der Waals surface area contributed by atoms with Crippen molar-refractivity contribution in [3.63, 3.8) is 0 Å². The third kappa shape index (κ3) is 2.96. The van der Waals surface area contributed by atoms with Crippen molar-refractivity contribution in [3.8, 4) is 0 Å². The average molecular weight is 293 g/mol. The van der Waals surface area contributed by atoms with E-state index in [-0.39, 0.29) is 5.41 Å². The first-order valence-corrected chi connectivity index (χ1v) is 8.42. The summed E-state index contributed by atoms with van der Waals surface area (Å²) in [5.41, 5.74) is 2.27. The van der Waals surface area contributed by atoms with E-state index in [1.165, 1.54) is 5.57 Å². The molecule has 0 aliphatic carbocycles. The van der Waals surface area contributed by atoms with E-state index in [0.717, 1.165) is 12.0 Å². The van der Waals surface area contributed by atoms with Crippen LogP contribution in [0.25, 0.3) is 0 Å². The van der Waals surface area contributed by atoms with Crippen LogP contribution in [-0.2, 0) is 10.0 Å². The summed E-state index contributed by atoms with van der Waals surface area (Å²) in [7, 11) is -3.37. The molecule has 0 amide bonds. The second-order valence-corrected chi connectivity index (χ2v) is 8.26. The fourth-order valence-corrected chi connectivity index (χ4v) is 4.14. The Morgan fingerprint density at radius 1 is 1.15 bits per heavy atom. The van der Waals surface area contributed by atoms with E-state index in [0.29, 0.717) is 18.0 Å². The Labute approximate surface area is 122 Å². The van der Waals surface area contributed by atoms with Crippen molar-refractivity contribution in [2.24, 2.45) is 5.41 Å². The van der Waals surface area contributed by atoms with Crippen LogP contribution in [0, 0.1) is 12.3 Å². The molecule has 0 saturated carbocycles. The van der Waals surface area contributed by atoms with Gasteiger partial charge in [-0.05, 0) is 30.4 Å². The van der Waals surface area contributed by atoms with Gasteiger partial charge in [0.2, 0.25) is 10.0 Å². The minimum atomic E-state index is -3.37. The van der Waals surface area contributed by atoms with Gasteiger partial charge in [0.05, 0.1) is 4.90 Å². The van der Waals surface area contributed by atoms with Gasteiger partial charge in [0.15, 0.2) is 0 Å². The Morgan fingerprint density at radius 3 is 2.30 bits per heavy atom. The predicted molar refractivity (Wildman–Crippen MR) is 82.1 cm³/mol. The van der Waals surface area contributed by atoms with Gasteiger partial charge in [-0.2, -0.15) is 4.31 Å². The first kappa shape index (κ1) is 15.3. The number of nitrogens with zero attached hydrogens (tertiary/aromatic N) is 1. The van der Waals surface area contributed by atoms with Gasteiger partial charge in [-0.1, -0.05) is 50.6 Å². The minimum absolute atomic E-state index is 0.124. The molecule has 1 aliphatic rings. The molecule has 0 spiro atoms. The molecule has 1 aromatic carbocycles. The fourth-order valence-electron chi connectivity index (χ4n) is 2.53. The lowest BCUT2D eigenvalue weighted by atomic mass is 9.83. The van der Waals surface area contributed by atoms with Gasteiger partial charge in [0.25, 0.3) is 0 Å². The Hall–Kier alpha value is -1.13. The second-order valence-electron chi connectivity index (χ2n) is 6.36. The minimum Gasteiger partial charge on any atom is -0.207 e. The van der Waals surface area contributed by atoms with Gasteiger partial charge in [0, 0.05) is 13.1 Å². The van der Waals surface area contributed by atoms with E-state index in [9.17, 15) is 8.42 Å². The molecule has 2 rings (SSSR count). The van der Waals surface area contributed by atoms with Crippen molar-refractivity contribution in [3.05, 3.63) is 41.5 Å². The SMILES string of the molecule is Cc1ccccc1S(=O)(=O)N1CC=C(C(C)(C)C)CC1. The average Bonchev–Trinajstić information content (AvgIpc) is 2.38. The molecule has 1 heterocycles. The smallest absolute Gasteiger partial charge is 0.207 e. The van der Waals surface area contributed by atoms with E-state index >= 15 is 0 Å². The molecular formula is C16H23NO2S. The van der Waals surface area contributed by atoms with Gasteiger partial charge in [0.1, 0.15) is 0 Å². The third-order valence-electron chi connectivity index (χ3n) is 3.85. The van der Waals surface area contributed by atoms with Crippen molar-refractivity contribution < 1.29 is 8.42 Å². The van der Waals surface area contributed by atoms with Crippen molar-refractivity contribution in [2.75, 3.05) is 13.1 Å². The highest BCUT2D eigenvalue weighted by Gasteiger charge is 2.29. The van der Waals surface area contributed by atoms with E-state index in [1.807, 2.05) is 19.1 Å². The standard InChI is InChI=1S/C16H23NO2S/c1-13-7-5-6-8-15(13)20(18,19)17-11-9-14(10-12-17)16(2,3)4/h5-9H,10-12H2,1-4H3. The van der Waals surface area contributed by atoms with Crippen LogP contribution in [0.4, 0.5) is 0 Å². The lowest BCUT2D eigenvalue weighted by Crippen LogP contribution is -2.36.